The van der Waals surface area contributed by atoms with Crippen LogP contribution in [0.25, 0.3) is 10.9 Å². The maximum absolute atomic E-state index is 12.2. The van der Waals surface area contributed by atoms with E-state index in [9.17, 15) is 4.79 Å². The fraction of sp³-hybridized carbons (Fsp3) is 0.0769. The Morgan fingerprint density at radius 3 is 3.05 bits per heavy atom. The second-order valence-corrected chi connectivity index (χ2v) is 5.47. The molecule has 1 aromatic carbocycles. The molecule has 0 saturated carbocycles. The average molecular weight is 272 g/mol. The van der Waals surface area contributed by atoms with E-state index >= 15 is 0 Å². The van der Waals surface area contributed by atoms with Crippen LogP contribution in [0.3, 0.4) is 0 Å². The summed E-state index contributed by atoms with van der Waals surface area (Å²) in [4.78, 5) is 20.4. The van der Waals surface area contributed by atoms with Gasteiger partial charge >= 0.3 is 0 Å². The number of fused-ring (bicyclic) bond motifs is 1. The van der Waals surface area contributed by atoms with Crippen molar-refractivity contribution in [1.29, 1.82) is 0 Å². The van der Waals surface area contributed by atoms with Crippen LogP contribution in [-0.2, 0) is 0 Å². The lowest BCUT2D eigenvalue weighted by atomic mass is 10.1. The van der Waals surface area contributed by atoms with Gasteiger partial charge in [0, 0.05) is 33.9 Å². The van der Waals surface area contributed by atoms with Crippen LogP contribution in [0, 0.1) is 6.92 Å². The number of benzene rings is 1. The van der Waals surface area contributed by atoms with Crippen LogP contribution in [0.1, 0.15) is 15.2 Å². The van der Waals surface area contributed by atoms with Gasteiger partial charge in [-0.05, 0) is 25.1 Å². The van der Waals surface area contributed by atoms with Gasteiger partial charge in [-0.25, -0.2) is 4.98 Å². The van der Waals surface area contributed by atoms with E-state index in [1.807, 2.05) is 13.0 Å². The highest BCUT2D eigenvalue weighted by Crippen LogP contribution is 2.23. The number of nitrogens with one attached hydrogen (secondary N) is 2. The molecule has 0 atom stereocenters. The third kappa shape index (κ3) is 2.17. The Balaban J connectivity index is 1.95. The zero-order valence-electron chi connectivity index (χ0n) is 10.2. The van der Waals surface area contributed by atoms with Crippen LogP contribution in [0.4, 0.5) is 10.8 Å². The molecule has 0 aliphatic heterocycles. The van der Waals surface area contributed by atoms with E-state index in [1.165, 1.54) is 11.3 Å². The average Bonchev–Trinajstić information content (AvgIpc) is 2.95. The largest absolute Gasteiger partial charge is 0.399 e. The Labute approximate surface area is 113 Å². The van der Waals surface area contributed by atoms with E-state index in [0.29, 0.717) is 16.4 Å². The Morgan fingerprint density at radius 1 is 1.47 bits per heavy atom. The number of aromatic amines is 1. The number of rotatable bonds is 2. The summed E-state index contributed by atoms with van der Waals surface area (Å²) in [7, 11) is 0. The van der Waals surface area contributed by atoms with Crippen LogP contribution in [0.15, 0.2) is 30.6 Å². The Bertz CT molecular complexity index is 759. The number of nitrogens with two attached hydrogens (primary N) is 1. The minimum atomic E-state index is -0.189. The Kier molecular flexibility index (Phi) is 2.72. The van der Waals surface area contributed by atoms with Gasteiger partial charge in [0.1, 0.15) is 0 Å². The highest BCUT2D eigenvalue weighted by molar-refractivity contribution is 7.15. The fourth-order valence-corrected chi connectivity index (χ4v) is 2.56. The molecule has 2 heterocycles. The van der Waals surface area contributed by atoms with Crippen molar-refractivity contribution in [2.75, 3.05) is 11.1 Å². The van der Waals surface area contributed by atoms with E-state index in [4.69, 9.17) is 5.73 Å². The van der Waals surface area contributed by atoms with E-state index in [-0.39, 0.29) is 5.91 Å². The topological polar surface area (TPSA) is 83.8 Å². The molecule has 0 unspecified atom stereocenters. The van der Waals surface area contributed by atoms with Gasteiger partial charge in [0.25, 0.3) is 5.91 Å². The van der Waals surface area contributed by atoms with Crippen molar-refractivity contribution < 1.29 is 4.79 Å². The standard InChI is InChI=1S/C13H12N4OS/c1-7-5-16-13(19-7)17-12(18)10-6-15-11-3-2-8(14)4-9(10)11/h2-6,15H,14H2,1H3,(H,16,17,18). The number of nitrogens with zero attached hydrogens (tertiary/aromatic N) is 1. The Hall–Kier alpha value is -2.34. The number of H-pyrrole nitrogens is 1. The van der Waals surface area contributed by atoms with Gasteiger partial charge in [-0.3, -0.25) is 10.1 Å². The maximum Gasteiger partial charge on any atom is 0.259 e. The van der Waals surface area contributed by atoms with Gasteiger partial charge in [0.2, 0.25) is 0 Å². The van der Waals surface area contributed by atoms with Gasteiger partial charge in [0.15, 0.2) is 5.13 Å². The molecule has 3 rings (SSSR count). The summed E-state index contributed by atoms with van der Waals surface area (Å²) in [6.45, 7) is 1.94. The van der Waals surface area contributed by atoms with Crippen LogP contribution >= 0.6 is 11.3 Å². The first-order valence-electron chi connectivity index (χ1n) is 5.74. The highest BCUT2D eigenvalue weighted by Gasteiger charge is 2.13. The second-order valence-electron chi connectivity index (χ2n) is 4.24. The molecule has 0 radical (unpaired) electrons. The summed E-state index contributed by atoms with van der Waals surface area (Å²) in [5.74, 6) is -0.189. The molecule has 0 aliphatic rings. The second kappa shape index (κ2) is 4.40. The lowest BCUT2D eigenvalue weighted by Gasteiger charge is -2.00. The molecule has 3 aromatic rings. The minimum absolute atomic E-state index is 0.189. The third-order valence-electron chi connectivity index (χ3n) is 2.79. The van der Waals surface area contributed by atoms with E-state index in [0.717, 1.165) is 15.8 Å². The molecule has 6 heteroatoms. The first kappa shape index (κ1) is 11.7. The number of anilines is 2. The first-order valence-corrected chi connectivity index (χ1v) is 6.55. The number of hydrogen-bond acceptors (Lipinski definition) is 4. The quantitative estimate of drug-likeness (QED) is 0.627. The molecular weight excluding hydrogens is 260 g/mol. The number of hydrogen-bond donors (Lipinski definition) is 3. The smallest absolute Gasteiger partial charge is 0.259 e. The van der Waals surface area contributed by atoms with Crippen LogP contribution in [0.5, 0.6) is 0 Å². The zero-order valence-corrected chi connectivity index (χ0v) is 11.0. The van der Waals surface area contributed by atoms with E-state index < -0.39 is 0 Å². The fourth-order valence-electron chi connectivity index (χ4n) is 1.90. The molecule has 0 saturated heterocycles. The summed E-state index contributed by atoms with van der Waals surface area (Å²) in [6, 6.07) is 5.44. The van der Waals surface area contributed by atoms with Crippen LogP contribution in [0.2, 0.25) is 0 Å². The molecule has 0 spiro atoms. The minimum Gasteiger partial charge on any atom is -0.399 e. The van der Waals surface area contributed by atoms with Gasteiger partial charge in [-0.2, -0.15) is 0 Å². The number of aromatic nitrogens is 2. The summed E-state index contributed by atoms with van der Waals surface area (Å²) in [5.41, 5.74) is 7.83. The summed E-state index contributed by atoms with van der Waals surface area (Å²) < 4.78 is 0. The molecule has 4 N–H and O–H groups in total. The molecule has 5 nitrogen and oxygen atoms in total. The van der Waals surface area contributed by atoms with Gasteiger partial charge in [-0.1, -0.05) is 0 Å². The normalized spacial score (nSPS) is 10.8. The molecule has 0 bridgehead atoms. The number of carbonyl (C=O) groups excluding carboxylic acids is 1. The number of nitrogen functional groups attached to an aromatic ring is 1. The SMILES string of the molecule is Cc1cnc(NC(=O)c2c[nH]c3ccc(N)cc23)s1. The number of thiazole rings is 1. The Morgan fingerprint density at radius 2 is 2.32 bits per heavy atom. The van der Waals surface area contributed by atoms with Gasteiger partial charge in [0.05, 0.1) is 5.56 Å². The first-order chi connectivity index (χ1) is 9.13. The summed E-state index contributed by atoms with van der Waals surface area (Å²) in [5, 5.41) is 4.19. The molecule has 19 heavy (non-hydrogen) atoms. The lowest BCUT2D eigenvalue weighted by molar-refractivity contribution is 0.102. The van der Waals surface area contributed by atoms with Crippen molar-refractivity contribution in [3.05, 3.63) is 41.0 Å². The monoisotopic (exact) mass is 272 g/mol. The highest BCUT2D eigenvalue weighted by atomic mass is 32.1. The van der Waals surface area contributed by atoms with Crippen molar-refractivity contribution >= 4 is 39.0 Å². The van der Waals surface area contributed by atoms with Crippen LogP contribution in [-0.4, -0.2) is 15.9 Å². The molecule has 0 fully saturated rings. The van der Waals surface area contributed by atoms with Crippen molar-refractivity contribution in [3.8, 4) is 0 Å². The van der Waals surface area contributed by atoms with Gasteiger partial charge in [-0.15, -0.1) is 11.3 Å². The summed E-state index contributed by atoms with van der Waals surface area (Å²) in [6.07, 6.45) is 3.41. The number of aryl methyl sites for hydroxylation is 1. The zero-order chi connectivity index (χ0) is 13.4. The molecule has 2 aromatic heterocycles. The van der Waals surface area contributed by atoms with Crippen molar-refractivity contribution in [1.82, 2.24) is 9.97 Å². The lowest BCUT2D eigenvalue weighted by Crippen LogP contribution is -2.10. The predicted octanol–water partition coefficient (Wildman–Crippen LogP) is 2.77. The molecule has 1 amide bonds. The van der Waals surface area contributed by atoms with Gasteiger partial charge < -0.3 is 10.7 Å². The predicted molar refractivity (Wildman–Crippen MR) is 77.5 cm³/mol. The van der Waals surface area contributed by atoms with Crippen molar-refractivity contribution in [2.45, 2.75) is 6.92 Å². The van der Waals surface area contributed by atoms with Crippen molar-refractivity contribution in [2.24, 2.45) is 0 Å². The van der Waals surface area contributed by atoms with E-state index in [2.05, 4.69) is 15.3 Å². The van der Waals surface area contributed by atoms with Crippen LogP contribution < -0.4 is 11.1 Å². The summed E-state index contributed by atoms with van der Waals surface area (Å²) >= 11 is 1.44. The molecule has 0 aliphatic carbocycles. The van der Waals surface area contributed by atoms with Crippen molar-refractivity contribution in [3.63, 3.8) is 0 Å². The third-order valence-corrected chi connectivity index (χ3v) is 3.62. The number of amides is 1. The maximum atomic E-state index is 12.2. The number of carbonyl (C=O) groups is 1. The molecular formula is C13H12N4OS. The van der Waals surface area contributed by atoms with E-state index in [1.54, 1.807) is 24.5 Å². The molecule has 96 valence electrons.